The zero-order valence-electron chi connectivity index (χ0n) is 21.2. The Bertz CT molecular complexity index is 1250. The van der Waals surface area contributed by atoms with Crippen molar-refractivity contribution < 1.29 is 39.0 Å². The van der Waals surface area contributed by atoms with Crippen molar-refractivity contribution >= 4 is 40.6 Å². The van der Waals surface area contributed by atoms with Crippen LogP contribution >= 0.6 is 0 Å². The third-order valence-corrected chi connectivity index (χ3v) is 8.00. The molecule has 0 aliphatic heterocycles. The highest BCUT2D eigenvalue weighted by atomic mass is 16.3. The van der Waals surface area contributed by atoms with Crippen LogP contribution in [0.1, 0.15) is 52.5 Å². The van der Waals surface area contributed by atoms with Crippen LogP contribution in [-0.4, -0.2) is 83.3 Å². The topological polar surface area (TPSA) is 175 Å². The number of ketones is 4. The van der Waals surface area contributed by atoms with Crippen LogP contribution in [0.4, 0.5) is 5.69 Å². The monoisotopic (exact) mass is 513 g/mol. The number of amides is 2. The Morgan fingerprint density at radius 2 is 1.76 bits per heavy atom. The van der Waals surface area contributed by atoms with Gasteiger partial charge >= 0.3 is 0 Å². The second kappa shape index (κ2) is 9.05. The van der Waals surface area contributed by atoms with E-state index in [0.29, 0.717) is 24.2 Å². The summed E-state index contributed by atoms with van der Waals surface area (Å²) in [6.07, 6.45) is 0.434. The molecule has 37 heavy (non-hydrogen) atoms. The van der Waals surface area contributed by atoms with E-state index < -0.39 is 76.4 Å². The van der Waals surface area contributed by atoms with E-state index in [1.807, 2.05) is 6.92 Å². The molecule has 2 saturated carbocycles. The SMILES string of the molecule is CCCN(C)C(=O)c1cc(N(C)C)c2c(c1O)C(=O)C1C(=O)[C@]3(O)C(=O)C(C(N)=O)C(=O)C[C@@H]3C[C@@H]1C2. The second-order valence-electron chi connectivity index (χ2n) is 10.5. The standard InChI is InChI=1S/C26H31N3O8/c1-5-6-29(4)25(36)14-10-15(28(2)3)13-8-11-7-12-9-16(30)19(24(27)35)23(34)26(12,37)22(33)17(11)21(32)18(13)20(14)31/h10-12,17,19,31,37H,5-9H2,1-4H3,(H2,27,35)/t11-,12+,17?,19?,26+/m1/s1. The number of rotatable bonds is 5. The minimum absolute atomic E-state index is 0.00853. The number of hydrogen-bond donors (Lipinski definition) is 3. The number of hydrogen-bond acceptors (Lipinski definition) is 9. The average Bonchev–Trinajstić information content (AvgIpc) is 2.80. The van der Waals surface area contributed by atoms with Gasteiger partial charge in [0.25, 0.3) is 5.91 Å². The Balaban J connectivity index is 1.85. The lowest BCUT2D eigenvalue weighted by molar-refractivity contribution is -0.175. The van der Waals surface area contributed by atoms with E-state index in [4.69, 9.17) is 5.73 Å². The molecule has 3 aliphatic rings. The van der Waals surface area contributed by atoms with Crippen molar-refractivity contribution in [3.05, 3.63) is 22.8 Å². The van der Waals surface area contributed by atoms with Crippen molar-refractivity contribution in [1.29, 1.82) is 0 Å². The third-order valence-electron chi connectivity index (χ3n) is 8.00. The second-order valence-corrected chi connectivity index (χ2v) is 10.5. The van der Waals surface area contributed by atoms with Gasteiger partial charge in [0.1, 0.15) is 5.75 Å². The van der Waals surface area contributed by atoms with E-state index in [1.54, 1.807) is 26.0 Å². The predicted octanol–water partition coefficient (Wildman–Crippen LogP) is -0.125. The molecule has 1 aromatic rings. The Hall–Kier alpha value is -3.60. The van der Waals surface area contributed by atoms with E-state index in [2.05, 4.69) is 0 Å². The first-order chi connectivity index (χ1) is 17.3. The fraction of sp³-hybridized carbons (Fsp3) is 0.538. The summed E-state index contributed by atoms with van der Waals surface area (Å²) >= 11 is 0. The van der Waals surface area contributed by atoms with Crippen LogP contribution in [0.2, 0.25) is 0 Å². The third kappa shape index (κ3) is 3.75. The molecule has 5 atom stereocenters. The number of aliphatic hydroxyl groups is 1. The Morgan fingerprint density at radius 1 is 1.11 bits per heavy atom. The normalized spacial score (nSPS) is 28.8. The highest BCUT2D eigenvalue weighted by Gasteiger charge is 2.66. The molecule has 198 valence electrons. The molecule has 11 heteroatoms. The van der Waals surface area contributed by atoms with Crippen molar-refractivity contribution in [3.63, 3.8) is 0 Å². The number of phenolic OH excluding ortho intramolecular Hbond substituents is 1. The zero-order valence-corrected chi connectivity index (χ0v) is 21.2. The summed E-state index contributed by atoms with van der Waals surface area (Å²) in [5.41, 5.74) is 3.17. The van der Waals surface area contributed by atoms with Gasteiger partial charge in [0.05, 0.1) is 17.0 Å². The number of aromatic hydroxyl groups is 1. The molecule has 1 aromatic carbocycles. The van der Waals surface area contributed by atoms with Crippen LogP contribution in [-0.2, 0) is 25.6 Å². The number of carbonyl (C=O) groups excluding carboxylic acids is 6. The summed E-state index contributed by atoms with van der Waals surface area (Å²) < 4.78 is 0. The molecule has 2 amide bonds. The molecule has 0 saturated heterocycles. The fourth-order valence-corrected chi connectivity index (χ4v) is 6.22. The molecule has 3 aliphatic carbocycles. The van der Waals surface area contributed by atoms with E-state index in [-0.39, 0.29) is 24.0 Å². The number of Topliss-reactive ketones (excluding diaryl/α,β-unsaturated/α-hetero) is 4. The molecule has 0 bridgehead atoms. The minimum atomic E-state index is -2.71. The first kappa shape index (κ1) is 26.5. The van der Waals surface area contributed by atoms with Gasteiger partial charge in [-0.15, -0.1) is 0 Å². The van der Waals surface area contributed by atoms with Crippen LogP contribution in [0.25, 0.3) is 0 Å². The van der Waals surface area contributed by atoms with Crippen molar-refractivity contribution in [1.82, 2.24) is 4.90 Å². The number of benzene rings is 1. The van der Waals surface area contributed by atoms with Crippen LogP contribution in [0.5, 0.6) is 5.75 Å². The lowest BCUT2D eigenvalue weighted by Crippen LogP contribution is -2.68. The van der Waals surface area contributed by atoms with E-state index in [1.165, 1.54) is 11.0 Å². The number of nitrogens with zero attached hydrogens (tertiary/aromatic N) is 2. The summed E-state index contributed by atoms with van der Waals surface area (Å²) in [5.74, 6) is -11.5. The van der Waals surface area contributed by atoms with Gasteiger partial charge in [0.2, 0.25) is 5.91 Å². The Kier molecular flexibility index (Phi) is 6.48. The first-order valence-corrected chi connectivity index (χ1v) is 12.3. The highest BCUT2D eigenvalue weighted by Crippen LogP contribution is 2.51. The Morgan fingerprint density at radius 3 is 2.32 bits per heavy atom. The summed E-state index contributed by atoms with van der Waals surface area (Å²) in [6, 6.07) is 1.52. The van der Waals surface area contributed by atoms with Crippen LogP contribution < -0.4 is 10.6 Å². The maximum absolute atomic E-state index is 13.8. The van der Waals surface area contributed by atoms with Gasteiger partial charge < -0.3 is 25.7 Å². The summed E-state index contributed by atoms with van der Waals surface area (Å²) in [6.45, 7) is 2.31. The first-order valence-electron chi connectivity index (χ1n) is 12.3. The molecule has 0 radical (unpaired) electrons. The number of phenols is 1. The number of carbonyl (C=O) groups is 6. The van der Waals surface area contributed by atoms with Gasteiger partial charge in [-0.3, -0.25) is 28.8 Å². The van der Waals surface area contributed by atoms with Crippen molar-refractivity contribution in [2.75, 3.05) is 32.6 Å². The molecule has 0 spiro atoms. The summed E-state index contributed by atoms with van der Waals surface area (Å²) in [4.78, 5) is 81.0. The predicted molar refractivity (Wildman–Crippen MR) is 130 cm³/mol. The lowest BCUT2D eigenvalue weighted by atomic mass is 9.53. The highest BCUT2D eigenvalue weighted by molar-refractivity contribution is 6.31. The van der Waals surface area contributed by atoms with Crippen LogP contribution in [0.3, 0.4) is 0 Å². The lowest BCUT2D eigenvalue weighted by Gasteiger charge is -2.48. The van der Waals surface area contributed by atoms with Gasteiger partial charge in [0, 0.05) is 45.7 Å². The smallest absolute Gasteiger partial charge is 0.257 e. The maximum atomic E-state index is 13.8. The molecule has 11 nitrogen and oxygen atoms in total. The minimum Gasteiger partial charge on any atom is -0.506 e. The number of anilines is 1. The average molecular weight is 514 g/mol. The zero-order chi connectivity index (χ0) is 27.6. The molecule has 4 N–H and O–H groups in total. The van der Waals surface area contributed by atoms with Crippen molar-refractivity contribution in [2.45, 2.75) is 38.2 Å². The van der Waals surface area contributed by atoms with E-state index in [0.717, 1.165) is 0 Å². The molecule has 0 aromatic heterocycles. The molecule has 2 unspecified atom stereocenters. The molecule has 4 rings (SSSR count). The largest absolute Gasteiger partial charge is 0.506 e. The summed E-state index contributed by atoms with van der Waals surface area (Å²) in [5, 5.41) is 22.5. The van der Waals surface area contributed by atoms with Gasteiger partial charge in [-0.05, 0) is 36.8 Å². The molecular formula is C26H31N3O8. The van der Waals surface area contributed by atoms with Crippen molar-refractivity contribution in [2.24, 2.45) is 29.4 Å². The van der Waals surface area contributed by atoms with Gasteiger partial charge in [-0.1, -0.05) is 6.92 Å². The Labute approximate surface area is 213 Å². The van der Waals surface area contributed by atoms with Crippen LogP contribution in [0, 0.1) is 23.7 Å². The number of fused-ring (bicyclic) bond motifs is 3. The van der Waals surface area contributed by atoms with Crippen LogP contribution in [0.15, 0.2) is 6.07 Å². The van der Waals surface area contributed by atoms with E-state index in [9.17, 15) is 39.0 Å². The maximum Gasteiger partial charge on any atom is 0.257 e. The molecular weight excluding hydrogens is 482 g/mol. The fourth-order valence-electron chi connectivity index (χ4n) is 6.22. The summed E-state index contributed by atoms with van der Waals surface area (Å²) in [7, 11) is 5.02. The number of primary amides is 1. The van der Waals surface area contributed by atoms with Crippen molar-refractivity contribution in [3.8, 4) is 5.75 Å². The number of nitrogens with two attached hydrogens (primary N) is 1. The van der Waals surface area contributed by atoms with E-state index >= 15 is 0 Å². The van der Waals surface area contributed by atoms with Gasteiger partial charge in [-0.25, -0.2) is 0 Å². The molecule has 0 heterocycles. The van der Waals surface area contributed by atoms with Gasteiger partial charge in [0.15, 0.2) is 34.7 Å². The van der Waals surface area contributed by atoms with Gasteiger partial charge in [-0.2, -0.15) is 0 Å². The quantitative estimate of drug-likeness (QED) is 0.453. The molecule has 2 fully saturated rings.